The average Bonchev–Trinajstić information content (AvgIpc) is 3.04. The van der Waals surface area contributed by atoms with Crippen LogP contribution >= 0.6 is 11.8 Å². The van der Waals surface area contributed by atoms with Gasteiger partial charge in [0.15, 0.2) is 15.0 Å². The van der Waals surface area contributed by atoms with Gasteiger partial charge in [-0.3, -0.25) is 4.79 Å². The molecule has 1 aromatic rings. The molecule has 0 saturated carbocycles. The van der Waals surface area contributed by atoms with Gasteiger partial charge in [-0.1, -0.05) is 11.8 Å². The second-order valence-corrected chi connectivity index (χ2v) is 8.68. The minimum Gasteiger partial charge on any atom is -0.344 e. The number of carbonyl (C=O) groups excluding carboxylic acids is 1. The van der Waals surface area contributed by atoms with Crippen LogP contribution in [0.4, 0.5) is 0 Å². The number of amides is 1. The van der Waals surface area contributed by atoms with E-state index in [9.17, 15) is 13.2 Å². The second-order valence-electron chi connectivity index (χ2n) is 5.51. The Morgan fingerprint density at radius 1 is 1.52 bits per heavy atom. The highest BCUT2D eigenvalue weighted by molar-refractivity contribution is 7.99. The average molecular weight is 357 g/mol. The lowest BCUT2D eigenvalue weighted by molar-refractivity contribution is -0.127. The summed E-state index contributed by atoms with van der Waals surface area (Å²) in [7, 11) is 0.471. The molecular formula is C13H19N5O3S2. The zero-order valence-corrected chi connectivity index (χ0v) is 14.7. The van der Waals surface area contributed by atoms with Crippen molar-refractivity contribution in [2.45, 2.75) is 23.9 Å². The Balaban J connectivity index is 1.95. The third kappa shape index (κ3) is 4.45. The number of thioether (sulfide) groups is 1. The first-order valence-electron chi connectivity index (χ1n) is 7.17. The molecule has 0 aromatic carbocycles. The van der Waals surface area contributed by atoms with Crippen molar-refractivity contribution in [3.63, 3.8) is 0 Å². The highest BCUT2D eigenvalue weighted by Crippen LogP contribution is 2.29. The van der Waals surface area contributed by atoms with Gasteiger partial charge < -0.3 is 9.47 Å². The summed E-state index contributed by atoms with van der Waals surface area (Å²) in [5.41, 5.74) is 0. The Bertz CT molecular complexity index is 722. The molecule has 126 valence electrons. The molecule has 0 N–H and O–H groups in total. The molecule has 0 radical (unpaired) electrons. The van der Waals surface area contributed by atoms with Gasteiger partial charge in [-0.15, -0.1) is 10.2 Å². The second kappa shape index (κ2) is 7.31. The molecule has 0 bridgehead atoms. The minimum absolute atomic E-state index is 0.0850. The van der Waals surface area contributed by atoms with Crippen LogP contribution in [-0.2, 0) is 21.7 Å². The summed E-state index contributed by atoms with van der Waals surface area (Å²) in [4.78, 5) is 13.5. The van der Waals surface area contributed by atoms with E-state index in [0.717, 1.165) is 0 Å². The van der Waals surface area contributed by atoms with Crippen LogP contribution in [0.1, 0.15) is 24.6 Å². The van der Waals surface area contributed by atoms with Crippen molar-refractivity contribution in [2.75, 3.05) is 30.9 Å². The number of sulfone groups is 1. The topological polar surface area (TPSA) is 109 Å². The van der Waals surface area contributed by atoms with Crippen LogP contribution in [0.2, 0.25) is 0 Å². The highest BCUT2D eigenvalue weighted by atomic mass is 32.2. The van der Waals surface area contributed by atoms with Crippen LogP contribution in [0.25, 0.3) is 0 Å². The van der Waals surface area contributed by atoms with Gasteiger partial charge in [0.05, 0.1) is 29.7 Å². The molecular weight excluding hydrogens is 338 g/mol. The third-order valence-corrected chi connectivity index (χ3v) is 6.55. The van der Waals surface area contributed by atoms with Crippen LogP contribution in [0.5, 0.6) is 0 Å². The monoisotopic (exact) mass is 357 g/mol. The molecule has 1 aromatic heterocycles. The van der Waals surface area contributed by atoms with Crippen molar-refractivity contribution in [3.05, 3.63) is 5.82 Å². The van der Waals surface area contributed by atoms with Gasteiger partial charge >= 0.3 is 0 Å². The predicted octanol–water partition coefficient (Wildman–Crippen LogP) is 0.181. The maximum Gasteiger partial charge on any atom is 0.232 e. The number of hydrogen-bond acceptors (Lipinski definition) is 7. The first-order chi connectivity index (χ1) is 10.8. The molecule has 23 heavy (non-hydrogen) atoms. The summed E-state index contributed by atoms with van der Waals surface area (Å²) in [6.45, 7) is 0.403. The van der Waals surface area contributed by atoms with E-state index >= 15 is 0 Å². The van der Waals surface area contributed by atoms with E-state index in [1.807, 2.05) is 6.07 Å². The van der Waals surface area contributed by atoms with Crippen molar-refractivity contribution >= 4 is 27.5 Å². The Labute approximate surface area is 139 Å². The molecule has 8 nitrogen and oxygen atoms in total. The van der Waals surface area contributed by atoms with Gasteiger partial charge in [0.25, 0.3) is 0 Å². The van der Waals surface area contributed by atoms with Gasteiger partial charge in [-0.25, -0.2) is 8.42 Å². The van der Waals surface area contributed by atoms with Crippen LogP contribution in [-0.4, -0.2) is 64.8 Å². The summed E-state index contributed by atoms with van der Waals surface area (Å²) in [6, 6.07) is 2.00. The van der Waals surface area contributed by atoms with E-state index in [4.69, 9.17) is 5.26 Å². The molecule has 1 aliphatic heterocycles. The first kappa shape index (κ1) is 17.7. The molecule has 2 heterocycles. The normalized spacial score (nSPS) is 19.4. The highest BCUT2D eigenvalue weighted by Gasteiger charge is 2.32. The molecule has 0 aliphatic carbocycles. The molecule has 1 aliphatic rings. The van der Waals surface area contributed by atoms with Crippen LogP contribution in [0.3, 0.4) is 0 Å². The molecule has 0 unspecified atom stereocenters. The Morgan fingerprint density at radius 3 is 2.87 bits per heavy atom. The molecule has 1 fully saturated rings. The van der Waals surface area contributed by atoms with Crippen molar-refractivity contribution < 1.29 is 13.2 Å². The maximum absolute atomic E-state index is 11.9. The van der Waals surface area contributed by atoms with Gasteiger partial charge in [-0.05, 0) is 6.42 Å². The Hall–Kier alpha value is -1.60. The fourth-order valence-corrected chi connectivity index (χ4v) is 4.98. The largest absolute Gasteiger partial charge is 0.344 e. The van der Waals surface area contributed by atoms with E-state index in [2.05, 4.69) is 10.2 Å². The lowest BCUT2D eigenvalue weighted by Crippen LogP contribution is -2.29. The molecule has 2 rings (SSSR count). The summed E-state index contributed by atoms with van der Waals surface area (Å²) in [5.74, 6) is 0.948. The van der Waals surface area contributed by atoms with Gasteiger partial charge in [-0.2, -0.15) is 5.26 Å². The summed E-state index contributed by atoms with van der Waals surface area (Å²) < 4.78 is 24.9. The predicted molar refractivity (Wildman–Crippen MR) is 85.6 cm³/mol. The molecule has 10 heteroatoms. The standard InChI is InChI=1S/C13H19N5O3S2/c1-17(6-3-5-14)11(19)8-22-13-16-15-12(18(13)2)10-4-7-23(20,21)9-10/h10H,3-4,6-9H2,1-2H3/t10-/m0/s1. The Morgan fingerprint density at radius 2 is 2.26 bits per heavy atom. The molecule has 1 atom stereocenters. The SMILES string of the molecule is CN(CCC#N)C(=O)CSc1nnc([C@H]2CCS(=O)(=O)C2)n1C. The van der Waals surface area contributed by atoms with Gasteiger partial charge in [0.2, 0.25) is 5.91 Å². The number of rotatable bonds is 6. The fraction of sp³-hybridized carbons (Fsp3) is 0.692. The number of nitrogens with zero attached hydrogens (tertiary/aromatic N) is 5. The zero-order valence-electron chi connectivity index (χ0n) is 13.1. The van der Waals surface area contributed by atoms with Crippen LogP contribution < -0.4 is 0 Å². The van der Waals surface area contributed by atoms with Gasteiger partial charge in [0.1, 0.15) is 5.82 Å². The van der Waals surface area contributed by atoms with Crippen LogP contribution in [0.15, 0.2) is 5.16 Å². The van der Waals surface area contributed by atoms with E-state index in [1.54, 1.807) is 18.7 Å². The molecule has 1 saturated heterocycles. The number of hydrogen-bond donors (Lipinski definition) is 0. The first-order valence-corrected chi connectivity index (χ1v) is 9.98. The number of carbonyl (C=O) groups is 1. The summed E-state index contributed by atoms with van der Waals surface area (Å²) >= 11 is 1.26. The molecule has 0 spiro atoms. The van der Waals surface area contributed by atoms with E-state index < -0.39 is 9.84 Å². The molecule has 1 amide bonds. The fourth-order valence-electron chi connectivity index (χ4n) is 2.38. The van der Waals surface area contributed by atoms with E-state index in [-0.39, 0.29) is 29.1 Å². The number of nitriles is 1. The van der Waals surface area contributed by atoms with Crippen molar-refractivity contribution in [1.29, 1.82) is 5.26 Å². The van der Waals surface area contributed by atoms with E-state index in [0.29, 0.717) is 30.4 Å². The van der Waals surface area contributed by atoms with E-state index in [1.165, 1.54) is 16.7 Å². The Kier molecular flexibility index (Phi) is 5.64. The van der Waals surface area contributed by atoms with Crippen LogP contribution in [0, 0.1) is 11.3 Å². The number of aromatic nitrogens is 3. The smallest absolute Gasteiger partial charge is 0.232 e. The van der Waals surface area contributed by atoms with Crippen molar-refractivity contribution in [3.8, 4) is 6.07 Å². The zero-order chi connectivity index (χ0) is 17.0. The summed E-state index contributed by atoms with van der Waals surface area (Å²) in [6.07, 6.45) is 0.867. The third-order valence-electron chi connectivity index (χ3n) is 3.78. The van der Waals surface area contributed by atoms with Crippen molar-refractivity contribution in [2.24, 2.45) is 7.05 Å². The summed E-state index contributed by atoms with van der Waals surface area (Å²) in [5, 5.41) is 17.3. The maximum atomic E-state index is 11.9. The van der Waals surface area contributed by atoms with Gasteiger partial charge in [0, 0.05) is 26.6 Å². The minimum atomic E-state index is -2.97. The van der Waals surface area contributed by atoms with Crippen molar-refractivity contribution in [1.82, 2.24) is 19.7 Å². The lowest BCUT2D eigenvalue weighted by atomic mass is 10.1. The lowest BCUT2D eigenvalue weighted by Gasteiger charge is -2.14. The quantitative estimate of drug-likeness (QED) is 0.668.